The number of piperidine rings is 1. The molecule has 1 aromatic carbocycles. The SMILES string of the molecule is O=C(NCc1ccccc1Cl)C1CCNCC1. The van der Waals surface area contributed by atoms with E-state index in [1.807, 2.05) is 24.3 Å². The minimum absolute atomic E-state index is 0.145. The number of hydrogen-bond acceptors (Lipinski definition) is 2. The first-order valence-corrected chi connectivity index (χ1v) is 6.37. The molecule has 0 unspecified atom stereocenters. The third-order valence-corrected chi connectivity index (χ3v) is 3.49. The van der Waals surface area contributed by atoms with Crippen molar-refractivity contribution >= 4 is 17.5 Å². The minimum Gasteiger partial charge on any atom is -0.352 e. The van der Waals surface area contributed by atoms with E-state index in [1.54, 1.807) is 0 Å². The smallest absolute Gasteiger partial charge is 0.223 e. The highest BCUT2D eigenvalue weighted by atomic mass is 35.5. The molecule has 1 heterocycles. The van der Waals surface area contributed by atoms with Crippen LogP contribution in [0.4, 0.5) is 0 Å². The van der Waals surface area contributed by atoms with Gasteiger partial charge >= 0.3 is 0 Å². The lowest BCUT2D eigenvalue weighted by Gasteiger charge is -2.21. The van der Waals surface area contributed by atoms with Gasteiger partial charge < -0.3 is 10.6 Å². The molecule has 17 heavy (non-hydrogen) atoms. The number of hydrogen-bond donors (Lipinski definition) is 2. The van der Waals surface area contributed by atoms with Gasteiger partial charge in [0.1, 0.15) is 0 Å². The maximum absolute atomic E-state index is 11.9. The summed E-state index contributed by atoms with van der Waals surface area (Å²) >= 11 is 6.03. The van der Waals surface area contributed by atoms with E-state index in [0.717, 1.165) is 31.5 Å². The standard InChI is InChI=1S/C13H17ClN2O/c14-12-4-2-1-3-11(12)9-16-13(17)10-5-7-15-8-6-10/h1-4,10,15H,5-9H2,(H,16,17). The minimum atomic E-state index is 0.145. The summed E-state index contributed by atoms with van der Waals surface area (Å²) in [6.07, 6.45) is 1.85. The molecule has 0 saturated carbocycles. The van der Waals surface area contributed by atoms with Crippen molar-refractivity contribution in [2.75, 3.05) is 13.1 Å². The maximum atomic E-state index is 11.9. The van der Waals surface area contributed by atoms with E-state index in [2.05, 4.69) is 10.6 Å². The van der Waals surface area contributed by atoms with Gasteiger partial charge in [0, 0.05) is 17.5 Å². The first-order chi connectivity index (χ1) is 8.27. The molecule has 0 bridgehead atoms. The topological polar surface area (TPSA) is 41.1 Å². The van der Waals surface area contributed by atoms with Gasteiger partial charge in [-0.15, -0.1) is 0 Å². The lowest BCUT2D eigenvalue weighted by Crippen LogP contribution is -2.37. The van der Waals surface area contributed by atoms with Crippen LogP contribution >= 0.6 is 11.6 Å². The highest BCUT2D eigenvalue weighted by Crippen LogP contribution is 2.16. The van der Waals surface area contributed by atoms with Gasteiger partial charge in [-0.1, -0.05) is 29.8 Å². The van der Waals surface area contributed by atoms with Crippen LogP contribution < -0.4 is 10.6 Å². The Kier molecular flexibility index (Phi) is 4.40. The fraction of sp³-hybridized carbons (Fsp3) is 0.462. The molecule has 4 heteroatoms. The summed E-state index contributed by atoms with van der Waals surface area (Å²) in [7, 11) is 0. The van der Waals surface area contributed by atoms with Crippen molar-refractivity contribution < 1.29 is 4.79 Å². The molecule has 92 valence electrons. The van der Waals surface area contributed by atoms with Gasteiger partial charge in [0.05, 0.1) is 0 Å². The highest BCUT2D eigenvalue weighted by molar-refractivity contribution is 6.31. The van der Waals surface area contributed by atoms with Crippen LogP contribution in [0.25, 0.3) is 0 Å². The summed E-state index contributed by atoms with van der Waals surface area (Å²) < 4.78 is 0. The van der Waals surface area contributed by atoms with Crippen molar-refractivity contribution in [3.05, 3.63) is 34.9 Å². The zero-order chi connectivity index (χ0) is 12.1. The number of carbonyl (C=O) groups is 1. The van der Waals surface area contributed by atoms with Crippen LogP contribution in [-0.2, 0) is 11.3 Å². The Labute approximate surface area is 107 Å². The molecule has 3 nitrogen and oxygen atoms in total. The Morgan fingerprint density at radius 3 is 2.76 bits per heavy atom. The predicted molar refractivity (Wildman–Crippen MR) is 68.9 cm³/mol. The van der Waals surface area contributed by atoms with Crippen LogP contribution in [-0.4, -0.2) is 19.0 Å². The van der Waals surface area contributed by atoms with E-state index in [9.17, 15) is 4.79 Å². The second-order valence-electron chi connectivity index (χ2n) is 4.33. The summed E-state index contributed by atoms with van der Waals surface area (Å²) in [5.74, 6) is 0.296. The fourth-order valence-corrected chi connectivity index (χ4v) is 2.26. The van der Waals surface area contributed by atoms with E-state index < -0.39 is 0 Å². The predicted octanol–water partition coefficient (Wildman–Crippen LogP) is 1.96. The van der Waals surface area contributed by atoms with Gasteiger partial charge in [0.15, 0.2) is 0 Å². The molecule has 0 radical (unpaired) electrons. The third-order valence-electron chi connectivity index (χ3n) is 3.12. The molecular formula is C13H17ClN2O. The van der Waals surface area contributed by atoms with Crippen LogP contribution in [0.15, 0.2) is 24.3 Å². The molecule has 0 aliphatic carbocycles. The molecule has 0 atom stereocenters. The highest BCUT2D eigenvalue weighted by Gasteiger charge is 2.20. The molecule has 1 fully saturated rings. The van der Waals surface area contributed by atoms with E-state index in [1.165, 1.54) is 0 Å². The van der Waals surface area contributed by atoms with Crippen molar-refractivity contribution in [3.8, 4) is 0 Å². The van der Waals surface area contributed by atoms with Crippen molar-refractivity contribution in [2.45, 2.75) is 19.4 Å². The molecular weight excluding hydrogens is 236 g/mol. The molecule has 1 saturated heterocycles. The van der Waals surface area contributed by atoms with Gasteiger partial charge in [0.2, 0.25) is 5.91 Å². The van der Waals surface area contributed by atoms with Crippen molar-refractivity contribution in [2.24, 2.45) is 5.92 Å². The number of benzene rings is 1. The number of halogens is 1. The maximum Gasteiger partial charge on any atom is 0.223 e. The molecule has 1 aromatic rings. The monoisotopic (exact) mass is 252 g/mol. The van der Waals surface area contributed by atoms with Gasteiger partial charge in [-0.05, 0) is 37.6 Å². The molecule has 0 spiro atoms. The van der Waals surface area contributed by atoms with Crippen LogP contribution in [0.2, 0.25) is 5.02 Å². The molecule has 2 rings (SSSR count). The van der Waals surface area contributed by atoms with Crippen LogP contribution in [0.3, 0.4) is 0 Å². The first-order valence-electron chi connectivity index (χ1n) is 5.99. The Morgan fingerprint density at radius 1 is 1.35 bits per heavy atom. The first kappa shape index (κ1) is 12.4. The van der Waals surface area contributed by atoms with E-state index in [0.29, 0.717) is 11.6 Å². The quantitative estimate of drug-likeness (QED) is 0.864. The summed E-state index contributed by atoms with van der Waals surface area (Å²) in [4.78, 5) is 11.9. The molecule has 1 aliphatic rings. The number of carbonyl (C=O) groups excluding carboxylic acids is 1. The lowest BCUT2D eigenvalue weighted by atomic mass is 9.97. The van der Waals surface area contributed by atoms with Crippen LogP contribution in [0.5, 0.6) is 0 Å². The van der Waals surface area contributed by atoms with E-state index in [-0.39, 0.29) is 11.8 Å². The number of nitrogens with one attached hydrogen (secondary N) is 2. The Bertz CT molecular complexity index is 389. The van der Waals surface area contributed by atoms with Gasteiger partial charge in [-0.25, -0.2) is 0 Å². The summed E-state index contributed by atoms with van der Waals surface area (Å²) in [6, 6.07) is 7.59. The molecule has 1 amide bonds. The molecule has 2 N–H and O–H groups in total. The van der Waals surface area contributed by atoms with E-state index in [4.69, 9.17) is 11.6 Å². The Balaban J connectivity index is 1.85. The zero-order valence-corrected chi connectivity index (χ0v) is 10.5. The zero-order valence-electron chi connectivity index (χ0n) is 9.71. The Hall–Kier alpha value is -1.06. The van der Waals surface area contributed by atoms with Gasteiger partial charge in [-0.2, -0.15) is 0 Å². The Morgan fingerprint density at radius 2 is 2.06 bits per heavy atom. The normalized spacial score (nSPS) is 16.8. The second kappa shape index (κ2) is 6.03. The number of rotatable bonds is 3. The van der Waals surface area contributed by atoms with Crippen LogP contribution in [0, 0.1) is 5.92 Å². The summed E-state index contributed by atoms with van der Waals surface area (Å²) in [6.45, 7) is 2.39. The van der Waals surface area contributed by atoms with Crippen molar-refractivity contribution in [1.82, 2.24) is 10.6 Å². The molecule has 1 aliphatic heterocycles. The fourth-order valence-electron chi connectivity index (χ4n) is 2.05. The van der Waals surface area contributed by atoms with Gasteiger partial charge in [-0.3, -0.25) is 4.79 Å². The van der Waals surface area contributed by atoms with E-state index >= 15 is 0 Å². The lowest BCUT2D eigenvalue weighted by molar-refractivity contribution is -0.125. The largest absolute Gasteiger partial charge is 0.352 e. The van der Waals surface area contributed by atoms with Crippen LogP contribution in [0.1, 0.15) is 18.4 Å². The average Bonchev–Trinajstić information content (AvgIpc) is 2.38. The van der Waals surface area contributed by atoms with Gasteiger partial charge in [0.25, 0.3) is 0 Å². The van der Waals surface area contributed by atoms with Crippen molar-refractivity contribution in [3.63, 3.8) is 0 Å². The second-order valence-corrected chi connectivity index (χ2v) is 4.74. The summed E-state index contributed by atoms with van der Waals surface area (Å²) in [5, 5.41) is 6.92. The summed E-state index contributed by atoms with van der Waals surface area (Å²) in [5.41, 5.74) is 0.969. The van der Waals surface area contributed by atoms with Crippen molar-refractivity contribution in [1.29, 1.82) is 0 Å². The number of amides is 1. The molecule has 0 aromatic heterocycles. The average molecular weight is 253 g/mol. The third kappa shape index (κ3) is 3.45.